The van der Waals surface area contributed by atoms with Crippen LogP contribution in [0.5, 0.6) is 11.5 Å². The summed E-state index contributed by atoms with van der Waals surface area (Å²) in [5.74, 6) is 0.380. The Morgan fingerprint density at radius 1 is 0.917 bits per heavy atom. The highest BCUT2D eigenvalue weighted by Crippen LogP contribution is 2.36. The summed E-state index contributed by atoms with van der Waals surface area (Å²) >= 11 is 0. The van der Waals surface area contributed by atoms with Crippen LogP contribution in [0.25, 0.3) is 0 Å². The Bertz CT molecular complexity index is 1350. The van der Waals surface area contributed by atoms with Gasteiger partial charge in [0.1, 0.15) is 13.2 Å². The molecule has 3 heterocycles. The number of fused-ring (bicyclic) bond motifs is 2. The average Bonchev–Trinajstić information content (AvgIpc) is 3.52. The standard InChI is InChI=1S/C28H25N3O5/c32-26-15-20(17-31(26)22-9-10-24-25(16-22)36-14-13-35-24)27(33)29-21-7-5-19(6-8-21)28(34)30-12-11-18-3-1-2-4-23(18)30/h1-10,16,20H,11-15,17H2,(H,29,33). The molecular formula is C28H25N3O5. The number of para-hydroxylation sites is 1. The Morgan fingerprint density at radius 3 is 2.53 bits per heavy atom. The molecule has 8 nitrogen and oxygen atoms in total. The minimum Gasteiger partial charge on any atom is -0.486 e. The second-order valence-corrected chi connectivity index (χ2v) is 9.14. The monoisotopic (exact) mass is 483 g/mol. The van der Waals surface area contributed by atoms with Crippen molar-refractivity contribution in [3.05, 3.63) is 77.9 Å². The van der Waals surface area contributed by atoms with E-state index >= 15 is 0 Å². The van der Waals surface area contributed by atoms with Crippen molar-refractivity contribution >= 4 is 34.8 Å². The van der Waals surface area contributed by atoms with Crippen LogP contribution in [0.2, 0.25) is 0 Å². The number of ether oxygens (including phenoxy) is 2. The molecule has 182 valence electrons. The van der Waals surface area contributed by atoms with Gasteiger partial charge in [-0.2, -0.15) is 0 Å². The van der Waals surface area contributed by atoms with Crippen LogP contribution in [0, 0.1) is 5.92 Å². The molecule has 3 amide bonds. The van der Waals surface area contributed by atoms with Gasteiger partial charge in [0.05, 0.1) is 5.92 Å². The van der Waals surface area contributed by atoms with Crippen LogP contribution >= 0.6 is 0 Å². The summed E-state index contributed by atoms with van der Waals surface area (Å²) in [4.78, 5) is 42.0. The number of hydrogen-bond donors (Lipinski definition) is 1. The highest BCUT2D eigenvalue weighted by atomic mass is 16.6. The fraction of sp³-hybridized carbons (Fsp3) is 0.250. The first-order valence-electron chi connectivity index (χ1n) is 12.1. The van der Waals surface area contributed by atoms with Crippen molar-refractivity contribution in [1.82, 2.24) is 0 Å². The van der Waals surface area contributed by atoms with E-state index in [1.54, 1.807) is 52.3 Å². The third-order valence-corrected chi connectivity index (χ3v) is 6.86. The number of carbonyl (C=O) groups excluding carboxylic acids is 3. The van der Waals surface area contributed by atoms with Crippen LogP contribution in [0.1, 0.15) is 22.3 Å². The Labute approximate surface area is 208 Å². The van der Waals surface area contributed by atoms with Gasteiger partial charge < -0.3 is 24.6 Å². The predicted molar refractivity (Wildman–Crippen MR) is 135 cm³/mol. The zero-order valence-corrected chi connectivity index (χ0v) is 19.6. The number of hydrogen-bond acceptors (Lipinski definition) is 5. The smallest absolute Gasteiger partial charge is 0.258 e. The lowest BCUT2D eigenvalue weighted by molar-refractivity contribution is -0.122. The summed E-state index contributed by atoms with van der Waals surface area (Å²) in [5.41, 5.74) is 3.96. The van der Waals surface area contributed by atoms with Gasteiger partial charge in [0.15, 0.2) is 11.5 Å². The molecule has 0 aliphatic carbocycles. The molecule has 0 spiro atoms. The fourth-order valence-electron chi connectivity index (χ4n) is 4.98. The largest absolute Gasteiger partial charge is 0.486 e. The molecule has 1 fully saturated rings. The third-order valence-electron chi connectivity index (χ3n) is 6.86. The molecule has 1 saturated heterocycles. The second kappa shape index (κ2) is 9.03. The number of carbonyl (C=O) groups is 3. The maximum absolute atomic E-state index is 13.0. The summed E-state index contributed by atoms with van der Waals surface area (Å²) in [7, 11) is 0. The van der Waals surface area contributed by atoms with Crippen molar-refractivity contribution in [2.45, 2.75) is 12.8 Å². The summed E-state index contributed by atoms with van der Waals surface area (Å²) < 4.78 is 11.2. The minimum absolute atomic E-state index is 0.0608. The van der Waals surface area contributed by atoms with Gasteiger partial charge in [-0.3, -0.25) is 14.4 Å². The van der Waals surface area contributed by atoms with E-state index in [1.165, 1.54) is 5.56 Å². The number of nitrogens with one attached hydrogen (secondary N) is 1. The lowest BCUT2D eigenvalue weighted by Crippen LogP contribution is -2.29. The van der Waals surface area contributed by atoms with E-state index in [2.05, 4.69) is 5.32 Å². The molecule has 0 aromatic heterocycles. The Morgan fingerprint density at radius 2 is 1.69 bits per heavy atom. The van der Waals surface area contributed by atoms with E-state index in [4.69, 9.17) is 9.47 Å². The van der Waals surface area contributed by atoms with Crippen LogP contribution in [0.4, 0.5) is 17.1 Å². The van der Waals surface area contributed by atoms with Gasteiger partial charge in [0.2, 0.25) is 11.8 Å². The van der Waals surface area contributed by atoms with Crippen molar-refractivity contribution in [1.29, 1.82) is 0 Å². The van der Waals surface area contributed by atoms with E-state index in [0.717, 1.165) is 12.1 Å². The molecule has 36 heavy (non-hydrogen) atoms. The average molecular weight is 484 g/mol. The first-order chi connectivity index (χ1) is 17.6. The Kier molecular flexibility index (Phi) is 5.56. The maximum Gasteiger partial charge on any atom is 0.258 e. The Hall–Kier alpha value is -4.33. The number of amides is 3. The van der Waals surface area contributed by atoms with Crippen LogP contribution in [0.3, 0.4) is 0 Å². The zero-order valence-electron chi connectivity index (χ0n) is 19.6. The highest BCUT2D eigenvalue weighted by molar-refractivity contribution is 6.08. The van der Waals surface area contributed by atoms with Gasteiger partial charge in [-0.25, -0.2) is 0 Å². The topological polar surface area (TPSA) is 88.2 Å². The van der Waals surface area contributed by atoms with Gasteiger partial charge in [0, 0.05) is 48.2 Å². The second-order valence-electron chi connectivity index (χ2n) is 9.14. The predicted octanol–water partition coefficient (Wildman–Crippen LogP) is 3.65. The van der Waals surface area contributed by atoms with Crippen molar-refractivity contribution in [2.24, 2.45) is 5.92 Å². The lowest BCUT2D eigenvalue weighted by atomic mass is 10.1. The molecular weight excluding hydrogens is 458 g/mol. The molecule has 8 heteroatoms. The first-order valence-corrected chi connectivity index (χ1v) is 12.1. The molecule has 3 aromatic rings. The van der Waals surface area contributed by atoms with Crippen LogP contribution in [-0.4, -0.2) is 44.0 Å². The molecule has 0 bridgehead atoms. The maximum atomic E-state index is 13.0. The lowest BCUT2D eigenvalue weighted by Gasteiger charge is -2.22. The molecule has 3 aliphatic heterocycles. The summed E-state index contributed by atoms with van der Waals surface area (Å²) in [6, 6.07) is 20.2. The zero-order chi connectivity index (χ0) is 24.6. The SMILES string of the molecule is O=C(Nc1ccc(C(=O)N2CCc3ccccc32)cc1)C1CC(=O)N(c2ccc3c(c2)OCCO3)C1. The van der Waals surface area contributed by atoms with Crippen molar-refractivity contribution < 1.29 is 23.9 Å². The van der Waals surface area contributed by atoms with E-state index in [9.17, 15) is 14.4 Å². The quantitative estimate of drug-likeness (QED) is 0.612. The molecule has 1 N–H and O–H groups in total. The molecule has 1 atom stereocenters. The van der Waals surface area contributed by atoms with Gasteiger partial charge in [-0.05, 0) is 54.4 Å². The van der Waals surface area contributed by atoms with Gasteiger partial charge in [-0.1, -0.05) is 18.2 Å². The van der Waals surface area contributed by atoms with E-state index in [1.807, 2.05) is 24.3 Å². The third kappa shape index (κ3) is 4.04. The molecule has 6 rings (SSSR count). The van der Waals surface area contributed by atoms with Gasteiger partial charge in [-0.15, -0.1) is 0 Å². The summed E-state index contributed by atoms with van der Waals surface area (Å²) in [6.07, 6.45) is 0.977. The minimum atomic E-state index is -0.479. The van der Waals surface area contributed by atoms with E-state index in [0.29, 0.717) is 48.2 Å². The van der Waals surface area contributed by atoms with Crippen molar-refractivity contribution in [3.8, 4) is 11.5 Å². The molecule has 3 aromatic carbocycles. The molecule has 3 aliphatic rings. The summed E-state index contributed by atoms with van der Waals surface area (Å²) in [6.45, 7) is 1.91. The summed E-state index contributed by atoms with van der Waals surface area (Å²) in [5, 5.41) is 2.89. The first kappa shape index (κ1) is 22.2. The number of rotatable bonds is 4. The Balaban J connectivity index is 1.10. The van der Waals surface area contributed by atoms with Gasteiger partial charge >= 0.3 is 0 Å². The molecule has 0 saturated carbocycles. The highest BCUT2D eigenvalue weighted by Gasteiger charge is 2.35. The molecule has 0 radical (unpaired) electrons. The normalized spacial score (nSPS) is 18.2. The van der Waals surface area contributed by atoms with Crippen molar-refractivity contribution in [2.75, 3.05) is 41.4 Å². The van der Waals surface area contributed by atoms with E-state index < -0.39 is 5.92 Å². The van der Waals surface area contributed by atoms with Crippen LogP contribution < -0.4 is 24.6 Å². The van der Waals surface area contributed by atoms with Crippen LogP contribution in [-0.2, 0) is 16.0 Å². The number of benzene rings is 3. The number of anilines is 3. The fourth-order valence-corrected chi connectivity index (χ4v) is 4.98. The van der Waals surface area contributed by atoms with E-state index in [-0.39, 0.29) is 30.7 Å². The van der Waals surface area contributed by atoms with Gasteiger partial charge in [0.25, 0.3) is 5.91 Å². The van der Waals surface area contributed by atoms with Crippen LogP contribution in [0.15, 0.2) is 66.7 Å². The van der Waals surface area contributed by atoms with Crippen molar-refractivity contribution in [3.63, 3.8) is 0 Å². The number of nitrogens with zero attached hydrogens (tertiary/aromatic N) is 2. The molecule has 1 unspecified atom stereocenters.